The first-order chi connectivity index (χ1) is 10.4. The molecule has 0 aliphatic carbocycles. The molecule has 0 radical (unpaired) electrons. The summed E-state index contributed by atoms with van der Waals surface area (Å²) in [5.74, 6) is -0.959. The van der Waals surface area contributed by atoms with Crippen molar-refractivity contribution in [2.75, 3.05) is 38.3 Å². The van der Waals surface area contributed by atoms with E-state index in [4.69, 9.17) is 10.5 Å². The molecule has 1 aliphatic rings. The van der Waals surface area contributed by atoms with Gasteiger partial charge in [0.2, 0.25) is 5.91 Å². The van der Waals surface area contributed by atoms with Gasteiger partial charge in [-0.15, -0.1) is 0 Å². The fourth-order valence-electron chi connectivity index (χ4n) is 2.65. The number of likely N-dealkylation sites (tertiary alicyclic amines) is 1. The quantitative estimate of drug-likeness (QED) is 0.795. The molecule has 1 aromatic carbocycles. The lowest BCUT2D eigenvalue weighted by Crippen LogP contribution is -2.36. The lowest BCUT2D eigenvalue weighted by molar-refractivity contribution is -0.127. The molecule has 1 amide bonds. The van der Waals surface area contributed by atoms with Crippen LogP contribution in [0.4, 0.5) is 0 Å². The van der Waals surface area contributed by atoms with Gasteiger partial charge < -0.3 is 15.4 Å². The van der Waals surface area contributed by atoms with E-state index in [1.807, 2.05) is 30.3 Å². The van der Waals surface area contributed by atoms with Crippen molar-refractivity contribution in [3.8, 4) is 0 Å². The van der Waals surface area contributed by atoms with Gasteiger partial charge in [0.05, 0.1) is 12.4 Å². The van der Waals surface area contributed by atoms with E-state index >= 15 is 0 Å². The first kappa shape index (κ1) is 16.9. The molecule has 1 aromatic rings. The lowest BCUT2D eigenvalue weighted by Gasteiger charge is -2.16. The predicted molar refractivity (Wildman–Crippen MR) is 84.3 cm³/mol. The van der Waals surface area contributed by atoms with Gasteiger partial charge in [-0.25, -0.2) is 8.42 Å². The lowest BCUT2D eigenvalue weighted by atomic mass is 9.95. The second-order valence-corrected chi connectivity index (χ2v) is 7.75. The number of nitrogens with zero attached hydrogens (tertiary/aromatic N) is 1. The molecule has 0 aromatic heterocycles. The highest BCUT2D eigenvalue weighted by Crippen LogP contribution is 2.26. The van der Waals surface area contributed by atoms with Crippen LogP contribution < -0.4 is 5.73 Å². The molecule has 122 valence electrons. The molecule has 1 fully saturated rings. The Morgan fingerprint density at radius 2 is 2.00 bits per heavy atom. The smallest absolute Gasteiger partial charge is 0.237 e. The third-order valence-corrected chi connectivity index (χ3v) is 5.36. The average molecular weight is 326 g/mol. The molecule has 0 saturated carbocycles. The van der Waals surface area contributed by atoms with Crippen molar-refractivity contribution in [3.63, 3.8) is 0 Å². The fraction of sp³-hybridized carbons (Fsp3) is 0.533. The minimum absolute atomic E-state index is 0.0480. The molecule has 2 rings (SSSR count). The molecule has 2 atom stereocenters. The summed E-state index contributed by atoms with van der Waals surface area (Å²) in [6, 6.07) is 9.58. The monoisotopic (exact) mass is 326 g/mol. The number of hydrogen-bond acceptors (Lipinski definition) is 5. The predicted octanol–water partition coefficient (Wildman–Crippen LogP) is 0.000900. The average Bonchev–Trinajstić information content (AvgIpc) is 2.88. The highest BCUT2D eigenvalue weighted by Gasteiger charge is 2.35. The Bertz CT molecular complexity index is 603. The maximum atomic E-state index is 12.2. The van der Waals surface area contributed by atoms with Gasteiger partial charge in [-0.1, -0.05) is 30.3 Å². The maximum absolute atomic E-state index is 12.2. The van der Waals surface area contributed by atoms with Gasteiger partial charge in [-0.05, 0) is 5.56 Å². The van der Waals surface area contributed by atoms with E-state index in [1.165, 1.54) is 7.11 Å². The standard InChI is InChI=1S/C15H22N2O4S/c1-21-7-8-22(19,20)11-15(18)17-9-13(14(16)10-17)12-5-3-2-4-6-12/h2-6,13-14H,7-11,16H2,1H3/t13-,14+/m0/s1. The second-order valence-electron chi connectivity index (χ2n) is 5.56. The summed E-state index contributed by atoms with van der Waals surface area (Å²) in [5, 5.41) is 0. The van der Waals surface area contributed by atoms with Gasteiger partial charge >= 0.3 is 0 Å². The van der Waals surface area contributed by atoms with E-state index < -0.39 is 15.6 Å². The van der Waals surface area contributed by atoms with Crippen molar-refractivity contribution < 1.29 is 17.9 Å². The third kappa shape index (κ3) is 4.28. The molecule has 1 saturated heterocycles. The normalized spacial score (nSPS) is 22.0. The van der Waals surface area contributed by atoms with Crippen molar-refractivity contribution >= 4 is 15.7 Å². The summed E-state index contributed by atoms with van der Waals surface area (Å²) >= 11 is 0. The van der Waals surface area contributed by atoms with Crippen molar-refractivity contribution in [2.24, 2.45) is 5.73 Å². The third-order valence-electron chi connectivity index (χ3n) is 3.89. The summed E-state index contributed by atoms with van der Waals surface area (Å²) in [4.78, 5) is 13.7. The zero-order chi connectivity index (χ0) is 16.2. The van der Waals surface area contributed by atoms with Crippen LogP contribution in [-0.2, 0) is 19.4 Å². The highest BCUT2D eigenvalue weighted by atomic mass is 32.2. The SMILES string of the molecule is COCCS(=O)(=O)CC(=O)N1C[C@@H](N)[C@H](c2ccccc2)C1. The number of sulfone groups is 1. The topological polar surface area (TPSA) is 89.7 Å². The fourth-order valence-corrected chi connectivity index (χ4v) is 3.77. The number of carbonyl (C=O) groups excluding carboxylic acids is 1. The molecule has 6 nitrogen and oxygen atoms in total. The van der Waals surface area contributed by atoms with Crippen LogP contribution in [0.1, 0.15) is 11.5 Å². The number of carbonyl (C=O) groups is 1. The molecule has 22 heavy (non-hydrogen) atoms. The first-order valence-electron chi connectivity index (χ1n) is 7.20. The highest BCUT2D eigenvalue weighted by molar-refractivity contribution is 7.92. The molecule has 2 N–H and O–H groups in total. The van der Waals surface area contributed by atoms with Gasteiger partial charge in [-0.3, -0.25) is 4.79 Å². The first-order valence-corrected chi connectivity index (χ1v) is 9.03. The van der Waals surface area contributed by atoms with Crippen molar-refractivity contribution in [2.45, 2.75) is 12.0 Å². The van der Waals surface area contributed by atoms with Gasteiger partial charge in [0.15, 0.2) is 9.84 Å². The van der Waals surface area contributed by atoms with Crippen LogP contribution in [0.5, 0.6) is 0 Å². The molecule has 0 unspecified atom stereocenters. The zero-order valence-corrected chi connectivity index (χ0v) is 13.5. The summed E-state index contributed by atoms with van der Waals surface area (Å²) in [5.41, 5.74) is 7.20. The molecule has 0 spiro atoms. The van der Waals surface area contributed by atoms with Crippen molar-refractivity contribution in [1.29, 1.82) is 0 Å². The van der Waals surface area contributed by atoms with Crippen LogP contribution in [0.15, 0.2) is 30.3 Å². The molecule has 1 aliphatic heterocycles. The van der Waals surface area contributed by atoms with Crippen LogP contribution in [-0.4, -0.2) is 63.6 Å². The van der Waals surface area contributed by atoms with Crippen LogP contribution in [0.3, 0.4) is 0 Å². The van der Waals surface area contributed by atoms with E-state index in [0.29, 0.717) is 13.1 Å². The Balaban J connectivity index is 1.98. The van der Waals surface area contributed by atoms with E-state index in [1.54, 1.807) is 4.90 Å². The second kappa shape index (κ2) is 7.21. The Kier molecular flexibility index (Phi) is 5.55. The van der Waals surface area contributed by atoms with E-state index in [2.05, 4.69) is 0 Å². The molecule has 0 bridgehead atoms. The van der Waals surface area contributed by atoms with Crippen LogP contribution in [0.2, 0.25) is 0 Å². The van der Waals surface area contributed by atoms with E-state index in [9.17, 15) is 13.2 Å². The summed E-state index contributed by atoms with van der Waals surface area (Å²) in [6.45, 7) is 0.948. The molecule has 7 heteroatoms. The minimum Gasteiger partial charge on any atom is -0.384 e. The number of rotatable bonds is 6. The molecule has 1 heterocycles. The Labute approximate surface area is 131 Å². The summed E-state index contributed by atoms with van der Waals surface area (Å²) in [6.07, 6.45) is 0. The van der Waals surface area contributed by atoms with E-state index in [0.717, 1.165) is 5.56 Å². The Morgan fingerprint density at radius 1 is 1.32 bits per heavy atom. The number of nitrogens with two attached hydrogens (primary N) is 1. The minimum atomic E-state index is -3.44. The number of hydrogen-bond donors (Lipinski definition) is 1. The number of methoxy groups -OCH3 is 1. The number of ether oxygens (including phenoxy) is 1. The van der Waals surface area contributed by atoms with Gasteiger partial charge in [-0.2, -0.15) is 0 Å². The summed E-state index contributed by atoms with van der Waals surface area (Å²) < 4.78 is 28.4. The van der Waals surface area contributed by atoms with Crippen LogP contribution in [0, 0.1) is 0 Å². The van der Waals surface area contributed by atoms with Crippen LogP contribution in [0.25, 0.3) is 0 Å². The van der Waals surface area contributed by atoms with Crippen molar-refractivity contribution in [1.82, 2.24) is 4.90 Å². The van der Waals surface area contributed by atoms with Gasteiger partial charge in [0.25, 0.3) is 0 Å². The number of benzene rings is 1. The van der Waals surface area contributed by atoms with Gasteiger partial charge in [0.1, 0.15) is 5.75 Å². The molecular weight excluding hydrogens is 304 g/mol. The van der Waals surface area contributed by atoms with E-state index in [-0.39, 0.29) is 30.2 Å². The Morgan fingerprint density at radius 3 is 2.64 bits per heavy atom. The van der Waals surface area contributed by atoms with Gasteiger partial charge in [0, 0.05) is 32.2 Å². The van der Waals surface area contributed by atoms with Crippen LogP contribution >= 0.6 is 0 Å². The maximum Gasteiger partial charge on any atom is 0.237 e. The Hall–Kier alpha value is -1.44. The molecular formula is C15H22N2O4S. The number of amides is 1. The summed E-state index contributed by atoms with van der Waals surface area (Å²) in [7, 11) is -2.01. The zero-order valence-electron chi connectivity index (χ0n) is 12.6. The largest absolute Gasteiger partial charge is 0.384 e. The van der Waals surface area contributed by atoms with Crippen molar-refractivity contribution in [3.05, 3.63) is 35.9 Å².